The molecule has 0 fully saturated rings. The molecule has 0 spiro atoms. The summed E-state index contributed by atoms with van der Waals surface area (Å²) in [5.41, 5.74) is 0. The number of hydrogen-bond donors (Lipinski definition) is 3. The van der Waals surface area contributed by atoms with Gasteiger partial charge in [0.1, 0.15) is 0 Å². The summed E-state index contributed by atoms with van der Waals surface area (Å²) in [5.74, 6) is -1.63. The van der Waals surface area contributed by atoms with Crippen molar-refractivity contribution >= 4 is 57.4 Å². The Morgan fingerprint density at radius 1 is 1.43 bits per heavy atom. The molecular formula is C2H5KO4. The van der Waals surface area contributed by atoms with Crippen LogP contribution in [0.2, 0.25) is 0 Å². The van der Waals surface area contributed by atoms with E-state index in [2.05, 4.69) is 0 Å². The molecule has 0 unspecified atom stereocenters. The molecule has 0 rings (SSSR count). The zero-order valence-corrected chi connectivity index (χ0v) is 2.83. The third-order valence-electron chi connectivity index (χ3n) is 0.221. The van der Waals surface area contributed by atoms with Crippen LogP contribution >= 0.6 is 0 Å². The van der Waals surface area contributed by atoms with Gasteiger partial charge in [0, 0.05) is 0 Å². The van der Waals surface area contributed by atoms with Crippen LogP contribution in [0.4, 0.5) is 0 Å². The number of carboxylic acids is 1. The Bertz CT molecular complexity index is 60.7. The van der Waals surface area contributed by atoms with E-state index in [4.69, 9.17) is 15.3 Å². The normalized spacial score (nSPS) is 7.86. The molecule has 0 amide bonds. The first kappa shape index (κ1) is 10.9. The van der Waals surface area contributed by atoms with Gasteiger partial charge in [0.2, 0.25) is 0 Å². The van der Waals surface area contributed by atoms with Gasteiger partial charge in [0.25, 0.3) is 6.29 Å². The average Bonchev–Trinajstić information content (AvgIpc) is 1.36. The first-order valence-electron chi connectivity index (χ1n) is 1.23. The molecule has 0 saturated carbocycles. The van der Waals surface area contributed by atoms with E-state index in [9.17, 15) is 4.79 Å². The predicted octanol–water partition coefficient (Wildman–Crippen LogP) is -2.27. The van der Waals surface area contributed by atoms with Gasteiger partial charge < -0.3 is 15.3 Å². The summed E-state index contributed by atoms with van der Waals surface area (Å²) in [6.07, 6.45) is -2.23. The van der Waals surface area contributed by atoms with Crippen molar-refractivity contribution in [2.45, 2.75) is 6.29 Å². The number of aliphatic hydroxyl groups excluding tert-OH is 1. The molecule has 38 valence electrons. The molecule has 7 heavy (non-hydrogen) atoms. The summed E-state index contributed by atoms with van der Waals surface area (Å²) in [6, 6.07) is 0. The Morgan fingerprint density at radius 3 is 1.57 bits per heavy atom. The van der Waals surface area contributed by atoms with E-state index in [1.807, 2.05) is 0 Å². The summed E-state index contributed by atoms with van der Waals surface area (Å²) in [4.78, 5) is 9.20. The third kappa shape index (κ3) is 7.03. The second-order valence-corrected chi connectivity index (χ2v) is 0.712. The molecule has 0 aromatic heterocycles. The van der Waals surface area contributed by atoms with Crippen molar-refractivity contribution in [2.24, 2.45) is 0 Å². The third-order valence-corrected chi connectivity index (χ3v) is 0.221. The minimum atomic E-state index is -2.23. The summed E-state index contributed by atoms with van der Waals surface area (Å²) in [7, 11) is 0. The molecule has 0 aromatic carbocycles. The van der Waals surface area contributed by atoms with Crippen LogP contribution in [0.25, 0.3) is 0 Å². The molecule has 0 atom stereocenters. The van der Waals surface area contributed by atoms with Crippen molar-refractivity contribution in [3.63, 3.8) is 0 Å². The van der Waals surface area contributed by atoms with Crippen LogP contribution in [0.3, 0.4) is 0 Å². The maximum absolute atomic E-state index is 9.20. The Hall–Kier alpha value is 1.03. The number of aliphatic carboxylic acids is 1. The van der Waals surface area contributed by atoms with Crippen molar-refractivity contribution in [2.75, 3.05) is 0 Å². The van der Waals surface area contributed by atoms with Crippen LogP contribution < -0.4 is 0 Å². The number of rotatable bonds is 1. The maximum atomic E-state index is 9.20. The van der Waals surface area contributed by atoms with E-state index in [1.54, 1.807) is 0 Å². The van der Waals surface area contributed by atoms with E-state index in [0.29, 0.717) is 0 Å². The molecule has 0 heterocycles. The van der Waals surface area contributed by atoms with Gasteiger partial charge in [-0.15, -0.1) is 0 Å². The molecule has 0 bridgehead atoms. The first-order chi connectivity index (χ1) is 2.64. The van der Waals surface area contributed by atoms with Crippen LogP contribution in [-0.2, 0) is 4.79 Å². The van der Waals surface area contributed by atoms with Crippen LogP contribution in [0, 0.1) is 0 Å². The summed E-state index contributed by atoms with van der Waals surface area (Å²) in [6.45, 7) is 0. The molecule has 5 heteroatoms. The zero-order chi connectivity index (χ0) is 5.15. The molecule has 3 N–H and O–H groups in total. The van der Waals surface area contributed by atoms with Crippen molar-refractivity contribution in [1.29, 1.82) is 0 Å². The number of hydrogen-bond acceptors (Lipinski definition) is 3. The molecule has 0 radical (unpaired) electrons. The average molecular weight is 132 g/mol. The van der Waals surface area contributed by atoms with Crippen molar-refractivity contribution < 1.29 is 20.1 Å². The Balaban J connectivity index is 0. The standard InChI is InChI=1S/C2H4O4.K.H/c3-1(4)2(5)6;;/h1,3-4H,(H,5,6);;. The molecule has 0 aliphatic carbocycles. The van der Waals surface area contributed by atoms with Crippen LogP contribution in [-0.4, -0.2) is 79.0 Å². The van der Waals surface area contributed by atoms with Crippen LogP contribution in [0.1, 0.15) is 0 Å². The molecule has 0 aliphatic rings. The summed E-state index contributed by atoms with van der Waals surface area (Å²) < 4.78 is 0. The monoisotopic (exact) mass is 132 g/mol. The Morgan fingerprint density at radius 2 is 1.57 bits per heavy atom. The van der Waals surface area contributed by atoms with Gasteiger partial charge in [0.15, 0.2) is 0 Å². The number of carbonyl (C=O) groups is 1. The molecule has 0 aromatic rings. The van der Waals surface area contributed by atoms with E-state index >= 15 is 0 Å². The molecule has 0 aliphatic heterocycles. The van der Waals surface area contributed by atoms with Crippen LogP contribution in [0.5, 0.6) is 0 Å². The second kappa shape index (κ2) is 5.17. The van der Waals surface area contributed by atoms with Crippen molar-refractivity contribution in [1.82, 2.24) is 0 Å². The van der Waals surface area contributed by atoms with E-state index in [0.717, 1.165) is 0 Å². The van der Waals surface area contributed by atoms with Gasteiger partial charge in [-0.3, -0.25) is 0 Å². The topological polar surface area (TPSA) is 77.8 Å². The van der Waals surface area contributed by atoms with Crippen LogP contribution in [0.15, 0.2) is 0 Å². The SMILES string of the molecule is O=C(O)C(O)O.[KH]. The molecule has 0 saturated heterocycles. The quantitative estimate of drug-likeness (QED) is 0.278. The predicted molar refractivity (Wildman–Crippen MR) is 23.0 cm³/mol. The van der Waals surface area contributed by atoms with E-state index < -0.39 is 12.3 Å². The van der Waals surface area contributed by atoms with E-state index in [1.165, 1.54) is 0 Å². The fraction of sp³-hybridized carbons (Fsp3) is 0.500. The van der Waals surface area contributed by atoms with E-state index in [-0.39, 0.29) is 51.4 Å². The minimum absolute atomic E-state index is 0. The van der Waals surface area contributed by atoms with Gasteiger partial charge in [0.05, 0.1) is 0 Å². The number of carboxylic acid groups (broad SMARTS) is 1. The first-order valence-corrected chi connectivity index (χ1v) is 1.23. The van der Waals surface area contributed by atoms with Gasteiger partial charge in [-0.05, 0) is 0 Å². The number of aliphatic hydroxyl groups is 2. The summed E-state index contributed by atoms with van der Waals surface area (Å²) >= 11 is 0. The van der Waals surface area contributed by atoms with Crippen molar-refractivity contribution in [3.8, 4) is 0 Å². The Labute approximate surface area is 82.6 Å². The summed E-state index contributed by atoms with van der Waals surface area (Å²) in [5, 5.41) is 22.7. The molecule has 4 nitrogen and oxygen atoms in total. The Kier molecular flexibility index (Phi) is 8.06. The van der Waals surface area contributed by atoms with Gasteiger partial charge in [-0.2, -0.15) is 0 Å². The van der Waals surface area contributed by atoms with Gasteiger partial charge >= 0.3 is 57.4 Å². The van der Waals surface area contributed by atoms with Gasteiger partial charge in [-0.25, -0.2) is 4.79 Å². The molecular weight excluding hydrogens is 127 g/mol. The fourth-order valence-corrected chi connectivity index (χ4v) is 0. The van der Waals surface area contributed by atoms with Crippen molar-refractivity contribution in [3.05, 3.63) is 0 Å². The van der Waals surface area contributed by atoms with Gasteiger partial charge in [-0.1, -0.05) is 0 Å². The second-order valence-electron chi connectivity index (χ2n) is 0.712. The zero-order valence-electron chi connectivity index (χ0n) is 2.83. The fourth-order valence-electron chi connectivity index (χ4n) is 0.